The fraction of sp³-hybridized carbons (Fsp3) is 0.357. The van der Waals surface area contributed by atoms with Crippen LogP contribution in [0.3, 0.4) is 0 Å². The van der Waals surface area contributed by atoms with Crippen LogP contribution in [0.2, 0.25) is 0 Å². The van der Waals surface area contributed by atoms with Gasteiger partial charge in [0.25, 0.3) is 11.8 Å². The van der Waals surface area contributed by atoms with Gasteiger partial charge in [0.15, 0.2) is 11.5 Å². The van der Waals surface area contributed by atoms with Gasteiger partial charge in [-0.2, -0.15) is 0 Å². The Morgan fingerprint density at radius 3 is 2.50 bits per heavy atom. The molecule has 1 unspecified atom stereocenters. The Kier molecular flexibility index (Phi) is 7.83. The van der Waals surface area contributed by atoms with Gasteiger partial charge in [-0.15, -0.1) is 0 Å². The Bertz CT molecular complexity index is 1220. The van der Waals surface area contributed by atoms with E-state index in [1.165, 1.54) is 4.90 Å². The monoisotopic (exact) mass is 489 g/mol. The number of carbonyl (C=O) groups is 4. The third-order valence-corrected chi connectivity index (χ3v) is 6.26. The summed E-state index contributed by atoms with van der Waals surface area (Å²) in [5, 5.41) is 6.40. The predicted octanol–water partition coefficient (Wildman–Crippen LogP) is 3.57. The van der Waals surface area contributed by atoms with Gasteiger partial charge in [0, 0.05) is 17.5 Å². The van der Waals surface area contributed by atoms with Gasteiger partial charge >= 0.3 is 0 Å². The number of amides is 3. The SMILES string of the molecule is CC(C)C[C@H](NC(=O)c1cc2ccccc2o1)C(=O)NC1CCCN(C(=O)c2ccccc2)CC1=O. The van der Waals surface area contributed by atoms with Crippen LogP contribution in [0.4, 0.5) is 0 Å². The minimum atomic E-state index is -0.830. The number of benzene rings is 2. The van der Waals surface area contributed by atoms with Crippen molar-refractivity contribution in [2.24, 2.45) is 5.92 Å². The first-order valence-electron chi connectivity index (χ1n) is 12.3. The van der Waals surface area contributed by atoms with Gasteiger partial charge in [-0.05, 0) is 49.4 Å². The molecule has 1 aromatic heterocycles. The number of nitrogens with one attached hydrogen (secondary N) is 2. The molecular formula is C28H31N3O5. The number of rotatable bonds is 7. The van der Waals surface area contributed by atoms with E-state index in [0.29, 0.717) is 37.0 Å². The van der Waals surface area contributed by atoms with Gasteiger partial charge in [0.2, 0.25) is 5.91 Å². The highest BCUT2D eigenvalue weighted by Crippen LogP contribution is 2.19. The van der Waals surface area contributed by atoms with Crippen molar-refractivity contribution in [3.05, 3.63) is 72.0 Å². The fourth-order valence-corrected chi connectivity index (χ4v) is 4.41. The first-order valence-corrected chi connectivity index (χ1v) is 12.3. The number of nitrogens with zero attached hydrogens (tertiary/aromatic N) is 1. The molecule has 4 rings (SSSR count). The van der Waals surface area contributed by atoms with Crippen molar-refractivity contribution in [2.45, 2.75) is 45.2 Å². The van der Waals surface area contributed by atoms with E-state index >= 15 is 0 Å². The Labute approximate surface area is 210 Å². The molecule has 1 aliphatic heterocycles. The Morgan fingerprint density at radius 1 is 1.06 bits per heavy atom. The maximum atomic E-state index is 13.2. The average Bonchev–Trinajstić information content (AvgIpc) is 3.23. The number of fused-ring (bicyclic) bond motifs is 1. The molecule has 3 amide bonds. The smallest absolute Gasteiger partial charge is 0.287 e. The summed E-state index contributed by atoms with van der Waals surface area (Å²) in [6.07, 6.45) is 1.40. The lowest BCUT2D eigenvalue weighted by atomic mass is 10.0. The Morgan fingerprint density at radius 2 is 1.78 bits per heavy atom. The second-order valence-corrected chi connectivity index (χ2v) is 9.57. The van der Waals surface area contributed by atoms with E-state index < -0.39 is 23.9 Å². The molecule has 2 aromatic carbocycles. The fourth-order valence-electron chi connectivity index (χ4n) is 4.41. The highest BCUT2D eigenvalue weighted by molar-refractivity contribution is 6.01. The maximum Gasteiger partial charge on any atom is 0.287 e. The summed E-state index contributed by atoms with van der Waals surface area (Å²) < 4.78 is 5.63. The van der Waals surface area contributed by atoms with E-state index in [0.717, 1.165) is 5.39 Å². The van der Waals surface area contributed by atoms with Gasteiger partial charge in [-0.3, -0.25) is 19.2 Å². The van der Waals surface area contributed by atoms with Gasteiger partial charge in [0.05, 0.1) is 12.6 Å². The van der Waals surface area contributed by atoms with Crippen molar-refractivity contribution in [2.75, 3.05) is 13.1 Å². The standard InChI is InChI=1S/C28H31N3O5/c1-18(2)15-22(30-27(34)25-16-20-11-6-7-13-24(20)36-25)26(33)29-21-12-8-14-31(17-23(21)32)28(35)19-9-4-3-5-10-19/h3-7,9-11,13,16,18,21-22H,8,12,14-15,17H2,1-2H3,(H,29,33)(H,30,34)/t21?,22-/m0/s1. The van der Waals surface area contributed by atoms with Crippen LogP contribution < -0.4 is 10.6 Å². The molecular weight excluding hydrogens is 458 g/mol. The minimum absolute atomic E-state index is 0.0706. The second-order valence-electron chi connectivity index (χ2n) is 9.57. The molecule has 3 aromatic rings. The topological polar surface area (TPSA) is 109 Å². The molecule has 8 heteroatoms. The quantitative estimate of drug-likeness (QED) is 0.528. The number of furan rings is 1. The zero-order valence-corrected chi connectivity index (χ0v) is 20.5. The summed E-state index contributed by atoms with van der Waals surface area (Å²) in [4.78, 5) is 53.4. The normalized spacial score (nSPS) is 17.0. The molecule has 2 atom stereocenters. The lowest BCUT2D eigenvalue weighted by Crippen LogP contribution is -2.52. The number of hydrogen-bond acceptors (Lipinski definition) is 5. The number of ketones is 1. The van der Waals surface area contributed by atoms with Crippen LogP contribution in [0, 0.1) is 5.92 Å². The molecule has 188 valence electrons. The van der Waals surface area contributed by atoms with Crippen molar-refractivity contribution in [3.63, 3.8) is 0 Å². The van der Waals surface area contributed by atoms with Crippen LogP contribution in [0.25, 0.3) is 11.0 Å². The molecule has 1 aliphatic rings. The lowest BCUT2D eigenvalue weighted by Gasteiger charge is -2.23. The molecule has 0 bridgehead atoms. The van der Waals surface area contributed by atoms with Crippen LogP contribution in [-0.2, 0) is 9.59 Å². The predicted molar refractivity (Wildman–Crippen MR) is 135 cm³/mol. The summed E-state index contributed by atoms with van der Waals surface area (Å²) in [6, 6.07) is 16.2. The first-order chi connectivity index (χ1) is 17.3. The number of Topliss-reactive ketones (excluding diaryl/α,β-unsaturated/α-hetero) is 1. The molecule has 2 N–H and O–H groups in total. The van der Waals surface area contributed by atoms with Gasteiger partial charge < -0.3 is 20.0 Å². The molecule has 2 heterocycles. The lowest BCUT2D eigenvalue weighted by molar-refractivity contribution is -0.129. The summed E-state index contributed by atoms with van der Waals surface area (Å²) in [6.45, 7) is 4.28. The van der Waals surface area contributed by atoms with Gasteiger partial charge in [-0.1, -0.05) is 50.2 Å². The van der Waals surface area contributed by atoms with Crippen molar-refractivity contribution in [1.29, 1.82) is 0 Å². The minimum Gasteiger partial charge on any atom is -0.451 e. The zero-order valence-electron chi connectivity index (χ0n) is 20.5. The van der Waals surface area contributed by atoms with E-state index in [2.05, 4.69) is 10.6 Å². The molecule has 0 spiro atoms. The molecule has 1 fully saturated rings. The van der Waals surface area contributed by atoms with E-state index in [4.69, 9.17) is 4.42 Å². The Balaban J connectivity index is 1.41. The van der Waals surface area contributed by atoms with Gasteiger partial charge in [-0.25, -0.2) is 0 Å². The summed E-state index contributed by atoms with van der Waals surface area (Å²) in [7, 11) is 0. The number of hydrogen-bond donors (Lipinski definition) is 2. The van der Waals surface area contributed by atoms with Crippen LogP contribution in [0.5, 0.6) is 0 Å². The summed E-state index contributed by atoms with van der Waals surface area (Å²) >= 11 is 0. The van der Waals surface area contributed by atoms with Crippen LogP contribution in [0.1, 0.15) is 54.0 Å². The molecule has 0 saturated carbocycles. The van der Waals surface area contributed by atoms with E-state index in [9.17, 15) is 19.2 Å². The highest BCUT2D eigenvalue weighted by Gasteiger charge is 2.32. The summed E-state index contributed by atoms with van der Waals surface area (Å²) in [5.41, 5.74) is 1.12. The number of carbonyl (C=O) groups excluding carboxylic acids is 4. The van der Waals surface area contributed by atoms with E-state index in [1.54, 1.807) is 36.4 Å². The molecule has 0 aliphatic carbocycles. The average molecular weight is 490 g/mol. The van der Waals surface area contributed by atoms with Crippen molar-refractivity contribution in [3.8, 4) is 0 Å². The van der Waals surface area contributed by atoms with E-state index in [-0.39, 0.29) is 29.9 Å². The van der Waals surface area contributed by atoms with Crippen LogP contribution in [0.15, 0.2) is 65.1 Å². The molecule has 0 radical (unpaired) electrons. The van der Waals surface area contributed by atoms with E-state index in [1.807, 2.05) is 38.1 Å². The Hall–Kier alpha value is -3.94. The third kappa shape index (κ3) is 6.00. The highest BCUT2D eigenvalue weighted by atomic mass is 16.3. The molecule has 36 heavy (non-hydrogen) atoms. The van der Waals surface area contributed by atoms with Crippen LogP contribution in [-0.4, -0.2) is 53.6 Å². The number of likely N-dealkylation sites (tertiary alicyclic amines) is 1. The largest absolute Gasteiger partial charge is 0.451 e. The summed E-state index contributed by atoms with van der Waals surface area (Å²) in [5.74, 6) is -1.09. The van der Waals surface area contributed by atoms with Crippen LogP contribution >= 0.6 is 0 Å². The van der Waals surface area contributed by atoms with Crippen molar-refractivity contribution < 1.29 is 23.6 Å². The van der Waals surface area contributed by atoms with Crippen molar-refractivity contribution >= 4 is 34.5 Å². The van der Waals surface area contributed by atoms with Crippen molar-refractivity contribution in [1.82, 2.24) is 15.5 Å². The number of para-hydroxylation sites is 1. The third-order valence-electron chi connectivity index (χ3n) is 6.26. The first kappa shape index (κ1) is 25.2. The zero-order chi connectivity index (χ0) is 25.7. The molecule has 1 saturated heterocycles. The maximum absolute atomic E-state index is 13.2. The molecule has 8 nitrogen and oxygen atoms in total. The second kappa shape index (κ2) is 11.2. The van der Waals surface area contributed by atoms with Gasteiger partial charge in [0.1, 0.15) is 11.6 Å².